The van der Waals surface area contributed by atoms with Crippen molar-refractivity contribution in [2.45, 2.75) is 0 Å². The molecule has 0 unspecified atom stereocenters. The molecular weight excluding hydrogens is 282 g/mol. The van der Waals surface area contributed by atoms with Crippen molar-refractivity contribution in [2.24, 2.45) is 0 Å². The summed E-state index contributed by atoms with van der Waals surface area (Å²) in [6, 6.07) is 4.86. The number of hydrogen-bond donors (Lipinski definition) is 0. The molecule has 1 aliphatic rings. The van der Waals surface area contributed by atoms with Crippen LogP contribution in [0.15, 0.2) is 24.3 Å². The van der Waals surface area contributed by atoms with Gasteiger partial charge in [-0.2, -0.15) is 8.78 Å². The minimum Gasteiger partial charge on any atom is -0.517 e. The Balaban J connectivity index is 2.05. The molecule has 1 aliphatic heterocycles. The van der Waals surface area contributed by atoms with Crippen molar-refractivity contribution in [2.75, 3.05) is 0 Å². The Morgan fingerprint density at radius 1 is 0.750 bits per heavy atom. The highest BCUT2D eigenvalue weighted by atomic mass is 19.2. The third-order valence-corrected chi connectivity index (χ3v) is 2.75. The van der Waals surface area contributed by atoms with E-state index in [4.69, 9.17) is 9.31 Å². The molecule has 0 fully saturated rings. The van der Waals surface area contributed by atoms with Gasteiger partial charge in [0.25, 0.3) is 0 Å². The standard InChI is InChI=1S/C12H4BF5O2/c14-6-3-1-2-5(4-6)13-19-11-9(17)7(15)8(16)10(18)12(11)20-13/h1-4H. The van der Waals surface area contributed by atoms with Gasteiger partial charge in [0.2, 0.25) is 23.3 Å². The normalized spacial score (nSPS) is 12.9. The van der Waals surface area contributed by atoms with Gasteiger partial charge in [-0.3, -0.25) is 0 Å². The summed E-state index contributed by atoms with van der Waals surface area (Å²) >= 11 is 0. The Kier molecular flexibility index (Phi) is 2.81. The predicted molar refractivity (Wildman–Crippen MR) is 59.3 cm³/mol. The largest absolute Gasteiger partial charge is 0.633 e. The Morgan fingerprint density at radius 2 is 1.30 bits per heavy atom. The third kappa shape index (κ3) is 1.79. The fourth-order valence-corrected chi connectivity index (χ4v) is 1.83. The summed E-state index contributed by atoms with van der Waals surface area (Å²) < 4.78 is 75.8. The zero-order valence-corrected chi connectivity index (χ0v) is 9.59. The fourth-order valence-electron chi connectivity index (χ4n) is 1.83. The zero-order valence-electron chi connectivity index (χ0n) is 9.59. The lowest BCUT2D eigenvalue weighted by Crippen LogP contribution is -2.39. The van der Waals surface area contributed by atoms with E-state index in [2.05, 4.69) is 0 Å². The smallest absolute Gasteiger partial charge is 0.517 e. The highest BCUT2D eigenvalue weighted by molar-refractivity contribution is 6.63. The number of halogens is 5. The van der Waals surface area contributed by atoms with Crippen molar-refractivity contribution >= 4 is 12.6 Å². The molecule has 0 aliphatic carbocycles. The summed E-state index contributed by atoms with van der Waals surface area (Å²) in [4.78, 5) is 0. The van der Waals surface area contributed by atoms with Crippen molar-refractivity contribution in [3.63, 3.8) is 0 Å². The molecule has 0 saturated carbocycles. The Hall–Kier alpha value is -2.25. The van der Waals surface area contributed by atoms with Gasteiger partial charge in [-0.05, 0) is 12.1 Å². The quantitative estimate of drug-likeness (QED) is 0.347. The molecule has 0 atom stereocenters. The lowest BCUT2D eigenvalue weighted by Gasteiger charge is -2.04. The maximum Gasteiger partial charge on any atom is 0.633 e. The lowest BCUT2D eigenvalue weighted by atomic mass is 9.79. The van der Waals surface area contributed by atoms with Crippen molar-refractivity contribution in [3.8, 4) is 11.5 Å². The molecule has 0 bridgehead atoms. The molecule has 3 rings (SSSR count). The Labute approximate surface area is 109 Å². The van der Waals surface area contributed by atoms with E-state index in [0.717, 1.165) is 12.1 Å². The van der Waals surface area contributed by atoms with Crippen LogP contribution < -0.4 is 14.8 Å². The van der Waals surface area contributed by atoms with E-state index in [1.165, 1.54) is 12.1 Å². The SMILES string of the molecule is Fc1cccc(B2Oc3c(F)c(F)c(F)c(F)c3O2)c1. The van der Waals surface area contributed by atoms with Crippen molar-refractivity contribution < 1.29 is 31.3 Å². The summed E-state index contributed by atoms with van der Waals surface area (Å²) in [5.41, 5.74) is 0.112. The molecule has 0 N–H and O–H groups in total. The fraction of sp³-hybridized carbons (Fsp3) is 0. The second-order valence-electron chi connectivity index (χ2n) is 4.04. The summed E-state index contributed by atoms with van der Waals surface area (Å²) in [6.45, 7) is 0. The maximum absolute atomic E-state index is 13.5. The Morgan fingerprint density at radius 3 is 1.80 bits per heavy atom. The van der Waals surface area contributed by atoms with E-state index in [-0.39, 0.29) is 5.46 Å². The van der Waals surface area contributed by atoms with Crippen LogP contribution in [-0.4, -0.2) is 7.12 Å². The average Bonchev–Trinajstić information content (AvgIpc) is 2.88. The molecule has 2 aromatic rings. The molecule has 8 heteroatoms. The molecule has 102 valence electrons. The summed E-state index contributed by atoms with van der Waals surface area (Å²) in [7, 11) is -1.38. The average molecular weight is 286 g/mol. The molecule has 0 spiro atoms. The molecule has 0 saturated heterocycles. The predicted octanol–water partition coefficient (Wildman–Crippen LogP) is 2.55. The van der Waals surface area contributed by atoms with E-state index in [9.17, 15) is 22.0 Å². The van der Waals surface area contributed by atoms with Crippen LogP contribution in [0.1, 0.15) is 0 Å². The molecule has 0 aromatic heterocycles. The van der Waals surface area contributed by atoms with Gasteiger partial charge in [-0.15, -0.1) is 0 Å². The molecule has 0 radical (unpaired) electrons. The van der Waals surface area contributed by atoms with E-state index in [0.29, 0.717) is 0 Å². The highest BCUT2D eigenvalue weighted by Gasteiger charge is 2.41. The van der Waals surface area contributed by atoms with Crippen molar-refractivity contribution in [3.05, 3.63) is 53.4 Å². The second kappa shape index (κ2) is 4.40. The zero-order chi connectivity index (χ0) is 14.4. The van der Waals surface area contributed by atoms with Crippen molar-refractivity contribution in [1.29, 1.82) is 0 Å². The minimum atomic E-state index is -2.00. The van der Waals surface area contributed by atoms with Crippen LogP contribution in [0.4, 0.5) is 22.0 Å². The van der Waals surface area contributed by atoms with Crippen LogP contribution in [0.2, 0.25) is 0 Å². The number of benzene rings is 2. The monoisotopic (exact) mass is 286 g/mol. The topological polar surface area (TPSA) is 18.5 Å². The number of hydrogen-bond acceptors (Lipinski definition) is 2. The number of rotatable bonds is 1. The van der Waals surface area contributed by atoms with Gasteiger partial charge in [-0.1, -0.05) is 12.1 Å². The van der Waals surface area contributed by atoms with Crippen molar-refractivity contribution in [1.82, 2.24) is 0 Å². The summed E-state index contributed by atoms with van der Waals surface area (Å²) in [5, 5.41) is 0. The van der Waals surface area contributed by atoms with Crippen LogP contribution in [0, 0.1) is 29.1 Å². The van der Waals surface area contributed by atoms with Gasteiger partial charge in [0, 0.05) is 5.46 Å². The first-order valence-corrected chi connectivity index (χ1v) is 5.43. The highest BCUT2D eigenvalue weighted by Crippen LogP contribution is 2.41. The minimum absolute atomic E-state index is 0.112. The first-order chi connectivity index (χ1) is 9.49. The third-order valence-electron chi connectivity index (χ3n) is 2.75. The van der Waals surface area contributed by atoms with E-state index in [1.807, 2.05) is 0 Å². The van der Waals surface area contributed by atoms with E-state index in [1.54, 1.807) is 0 Å². The van der Waals surface area contributed by atoms with Crippen LogP contribution in [0.3, 0.4) is 0 Å². The molecule has 2 nitrogen and oxygen atoms in total. The maximum atomic E-state index is 13.5. The van der Waals surface area contributed by atoms with Crippen LogP contribution in [-0.2, 0) is 0 Å². The second-order valence-corrected chi connectivity index (χ2v) is 4.04. The first kappa shape index (κ1) is 12.8. The molecule has 0 amide bonds. The van der Waals surface area contributed by atoms with Gasteiger partial charge < -0.3 is 9.31 Å². The molecular formula is C12H4BF5O2. The summed E-state index contributed by atoms with van der Waals surface area (Å²) in [5.74, 6) is -9.76. The first-order valence-electron chi connectivity index (χ1n) is 5.43. The van der Waals surface area contributed by atoms with Gasteiger partial charge in [-0.25, -0.2) is 13.2 Å². The molecule has 20 heavy (non-hydrogen) atoms. The molecule has 2 aromatic carbocycles. The van der Waals surface area contributed by atoms with Gasteiger partial charge in [0.15, 0.2) is 11.5 Å². The number of fused-ring (bicyclic) bond motifs is 1. The van der Waals surface area contributed by atoms with Gasteiger partial charge in [0.05, 0.1) is 0 Å². The lowest BCUT2D eigenvalue weighted by molar-refractivity contribution is 0.388. The van der Waals surface area contributed by atoms with Gasteiger partial charge >= 0.3 is 7.12 Å². The van der Waals surface area contributed by atoms with Crippen LogP contribution in [0.5, 0.6) is 11.5 Å². The van der Waals surface area contributed by atoms with E-state index >= 15 is 0 Å². The molecule has 1 heterocycles. The van der Waals surface area contributed by atoms with E-state index < -0.39 is 47.7 Å². The summed E-state index contributed by atoms with van der Waals surface area (Å²) in [6.07, 6.45) is 0. The Bertz CT molecular complexity index is 670. The van der Waals surface area contributed by atoms with Crippen LogP contribution >= 0.6 is 0 Å². The van der Waals surface area contributed by atoms with Gasteiger partial charge in [0.1, 0.15) is 5.82 Å². The van der Waals surface area contributed by atoms with Crippen LogP contribution in [0.25, 0.3) is 0 Å².